The van der Waals surface area contributed by atoms with Gasteiger partial charge in [0.15, 0.2) is 0 Å². The number of fused-ring (bicyclic) bond motifs is 1. The summed E-state index contributed by atoms with van der Waals surface area (Å²) in [4.78, 5) is 24.6. The van der Waals surface area contributed by atoms with E-state index >= 15 is 0 Å². The third-order valence-corrected chi connectivity index (χ3v) is 4.71. The number of benzene rings is 2. The first-order chi connectivity index (χ1) is 12.4. The molecule has 0 saturated carbocycles. The quantitative estimate of drug-likeness (QED) is 0.792. The van der Waals surface area contributed by atoms with Crippen molar-refractivity contribution in [1.29, 1.82) is 0 Å². The van der Waals surface area contributed by atoms with Gasteiger partial charge in [-0.25, -0.2) is 0 Å². The third-order valence-electron chi connectivity index (χ3n) is 4.71. The van der Waals surface area contributed by atoms with Gasteiger partial charge in [-0.2, -0.15) is 0 Å². The summed E-state index contributed by atoms with van der Waals surface area (Å²) in [6, 6.07) is 10.9. The van der Waals surface area contributed by atoms with Gasteiger partial charge in [0, 0.05) is 5.56 Å². The summed E-state index contributed by atoms with van der Waals surface area (Å²) in [6.07, 6.45) is 2.55. The van der Waals surface area contributed by atoms with Crippen molar-refractivity contribution in [2.24, 2.45) is 0 Å². The van der Waals surface area contributed by atoms with E-state index in [4.69, 9.17) is 0 Å². The van der Waals surface area contributed by atoms with Crippen molar-refractivity contribution >= 4 is 11.8 Å². The molecule has 0 radical (unpaired) electrons. The molecule has 0 aliphatic heterocycles. The maximum Gasteiger partial charge on any atom is 0.251 e. The number of aromatic hydroxyl groups is 1. The van der Waals surface area contributed by atoms with Crippen molar-refractivity contribution in [3.05, 3.63) is 64.2 Å². The van der Waals surface area contributed by atoms with Crippen LogP contribution in [0.3, 0.4) is 0 Å². The van der Waals surface area contributed by atoms with E-state index < -0.39 is 0 Å². The molecule has 2 aromatic carbocycles. The van der Waals surface area contributed by atoms with Crippen LogP contribution in [0.5, 0.6) is 5.75 Å². The van der Waals surface area contributed by atoms with Crippen molar-refractivity contribution in [3.8, 4) is 5.75 Å². The van der Waals surface area contributed by atoms with Gasteiger partial charge in [0.2, 0.25) is 5.91 Å². The molecule has 3 rings (SSSR count). The summed E-state index contributed by atoms with van der Waals surface area (Å²) in [5, 5.41) is 15.6. The van der Waals surface area contributed by atoms with E-state index in [0.29, 0.717) is 5.56 Å². The lowest BCUT2D eigenvalue weighted by atomic mass is 9.87. The molecule has 2 aromatic rings. The summed E-state index contributed by atoms with van der Waals surface area (Å²) in [7, 11) is 0. The number of amides is 2. The Morgan fingerprint density at radius 2 is 1.88 bits per heavy atom. The van der Waals surface area contributed by atoms with Crippen LogP contribution in [-0.4, -0.2) is 23.5 Å². The van der Waals surface area contributed by atoms with Crippen LogP contribution in [0.25, 0.3) is 0 Å². The monoisotopic (exact) mass is 352 g/mol. The number of carbonyl (C=O) groups is 2. The molecule has 1 atom stereocenters. The molecule has 0 saturated heterocycles. The zero-order valence-electron chi connectivity index (χ0n) is 15.1. The molecular formula is C21H24N2O3. The lowest BCUT2D eigenvalue weighted by molar-refractivity contribution is -0.121. The summed E-state index contributed by atoms with van der Waals surface area (Å²) in [5.41, 5.74) is 4.45. The van der Waals surface area contributed by atoms with Gasteiger partial charge in [0.05, 0.1) is 12.6 Å². The molecule has 0 fully saturated rings. The smallest absolute Gasteiger partial charge is 0.251 e. The largest absolute Gasteiger partial charge is 0.508 e. The number of rotatable bonds is 4. The Bertz CT molecular complexity index is 825. The van der Waals surface area contributed by atoms with Gasteiger partial charge >= 0.3 is 0 Å². The second-order valence-corrected chi connectivity index (χ2v) is 6.92. The Balaban J connectivity index is 1.60. The predicted molar refractivity (Wildman–Crippen MR) is 100 cm³/mol. The van der Waals surface area contributed by atoms with Crippen LogP contribution in [-0.2, 0) is 11.2 Å². The molecule has 1 aliphatic carbocycles. The van der Waals surface area contributed by atoms with E-state index in [2.05, 4.69) is 10.6 Å². The highest BCUT2D eigenvalue weighted by atomic mass is 16.3. The number of hydrogen-bond acceptors (Lipinski definition) is 3. The van der Waals surface area contributed by atoms with Gasteiger partial charge in [-0.05, 0) is 62.4 Å². The van der Waals surface area contributed by atoms with Gasteiger partial charge in [0.1, 0.15) is 5.75 Å². The average molecular weight is 352 g/mol. The molecule has 26 heavy (non-hydrogen) atoms. The van der Waals surface area contributed by atoms with Crippen molar-refractivity contribution in [2.75, 3.05) is 6.54 Å². The van der Waals surface area contributed by atoms with Crippen molar-refractivity contribution < 1.29 is 14.7 Å². The lowest BCUT2D eigenvalue weighted by Crippen LogP contribution is -2.39. The molecule has 0 bridgehead atoms. The number of phenolic OH excluding ortho intramolecular Hbond substituents is 1. The summed E-state index contributed by atoms with van der Waals surface area (Å²) in [5.74, 6) is -0.206. The van der Waals surface area contributed by atoms with Crippen molar-refractivity contribution in [2.45, 2.75) is 39.2 Å². The molecule has 136 valence electrons. The molecule has 5 nitrogen and oxygen atoms in total. The zero-order valence-corrected chi connectivity index (χ0v) is 15.1. The highest BCUT2D eigenvalue weighted by Crippen LogP contribution is 2.34. The van der Waals surface area contributed by atoms with Gasteiger partial charge in [-0.3, -0.25) is 9.59 Å². The minimum absolute atomic E-state index is 0.0729. The minimum atomic E-state index is -0.256. The molecule has 2 amide bonds. The van der Waals surface area contributed by atoms with E-state index in [1.165, 1.54) is 0 Å². The highest BCUT2D eigenvalue weighted by molar-refractivity contribution is 5.96. The van der Waals surface area contributed by atoms with Gasteiger partial charge in [-0.15, -0.1) is 0 Å². The second-order valence-electron chi connectivity index (χ2n) is 6.92. The van der Waals surface area contributed by atoms with Crippen molar-refractivity contribution in [1.82, 2.24) is 10.6 Å². The fraction of sp³-hybridized carbons (Fsp3) is 0.333. The number of nitrogens with one attached hydrogen (secondary N) is 2. The Morgan fingerprint density at radius 1 is 1.15 bits per heavy atom. The van der Waals surface area contributed by atoms with Crippen LogP contribution < -0.4 is 10.6 Å². The van der Waals surface area contributed by atoms with Crippen LogP contribution in [0, 0.1) is 13.8 Å². The summed E-state index contributed by atoms with van der Waals surface area (Å²) < 4.78 is 0. The van der Waals surface area contributed by atoms with Gasteiger partial charge in [-0.1, -0.05) is 29.3 Å². The van der Waals surface area contributed by atoms with E-state index in [9.17, 15) is 14.7 Å². The van der Waals surface area contributed by atoms with Crippen LogP contribution >= 0.6 is 0 Å². The molecular weight excluding hydrogens is 328 g/mol. The molecule has 5 heteroatoms. The van der Waals surface area contributed by atoms with Gasteiger partial charge < -0.3 is 15.7 Å². The predicted octanol–water partition coefficient (Wildman–Crippen LogP) is 2.93. The van der Waals surface area contributed by atoms with Crippen LogP contribution in [0.15, 0.2) is 36.4 Å². The number of aryl methyl sites for hydroxylation is 2. The average Bonchev–Trinajstić information content (AvgIpc) is 2.60. The highest BCUT2D eigenvalue weighted by Gasteiger charge is 2.23. The maximum absolute atomic E-state index is 12.3. The molecule has 1 unspecified atom stereocenters. The fourth-order valence-corrected chi connectivity index (χ4v) is 3.59. The Kier molecular flexibility index (Phi) is 5.26. The lowest BCUT2D eigenvalue weighted by Gasteiger charge is -2.27. The molecule has 0 heterocycles. The Labute approximate surface area is 153 Å². The number of carbonyl (C=O) groups excluding carboxylic acids is 2. The normalized spacial score (nSPS) is 15.8. The molecule has 1 aliphatic rings. The zero-order chi connectivity index (χ0) is 18.7. The minimum Gasteiger partial charge on any atom is -0.508 e. The first-order valence-electron chi connectivity index (χ1n) is 8.90. The molecule has 0 spiro atoms. The third kappa shape index (κ3) is 4.04. The summed E-state index contributed by atoms with van der Waals surface area (Å²) >= 11 is 0. The van der Waals surface area contributed by atoms with E-state index in [0.717, 1.165) is 41.5 Å². The first kappa shape index (κ1) is 18.0. The fourth-order valence-electron chi connectivity index (χ4n) is 3.59. The summed E-state index contributed by atoms with van der Waals surface area (Å²) in [6.45, 7) is 3.80. The van der Waals surface area contributed by atoms with Crippen LogP contribution in [0.4, 0.5) is 0 Å². The van der Waals surface area contributed by atoms with Crippen molar-refractivity contribution in [3.63, 3.8) is 0 Å². The second kappa shape index (κ2) is 7.60. The van der Waals surface area contributed by atoms with E-state index in [-0.39, 0.29) is 30.2 Å². The first-order valence-corrected chi connectivity index (χ1v) is 8.90. The van der Waals surface area contributed by atoms with Crippen LogP contribution in [0.2, 0.25) is 0 Å². The molecule has 3 N–H and O–H groups in total. The SMILES string of the molecule is Cc1cc(C)cc(C(=O)NCC(=O)NC2CCCc3c(O)cccc32)c1. The number of hydrogen-bond donors (Lipinski definition) is 3. The maximum atomic E-state index is 12.3. The Hall–Kier alpha value is -2.82. The van der Waals surface area contributed by atoms with Gasteiger partial charge in [0.25, 0.3) is 5.91 Å². The standard InChI is InChI=1S/C21H24N2O3/c1-13-9-14(2)11-15(10-13)21(26)22-12-20(25)23-18-7-3-6-17-16(18)5-4-8-19(17)24/h4-5,8-11,18,24H,3,6-7,12H2,1-2H3,(H,22,26)(H,23,25). The Morgan fingerprint density at radius 3 is 2.62 bits per heavy atom. The number of phenols is 1. The van der Waals surface area contributed by atoms with Crippen LogP contribution in [0.1, 0.15) is 51.5 Å². The topological polar surface area (TPSA) is 78.4 Å². The van der Waals surface area contributed by atoms with E-state index in [1.54, 1.807) is 24.3 Å². The molecule has 0 aromatic heterocycles. The van der Waals surface area contributed by atoms with E-state index in [1.807, 2.05) is 26.0 Å².